The van der Waals surface area contributed by atoms with Gasteiger partial charge in [0.05, 0.1) is 11.9 Å². The summed E-state index contributed by atoms with van der Waals surface area (Å²) in [6.45, 7) is 1.96. The largest absolute Gasteiger partial charge is 0.452 e. The normalized spacial score (nSPS) is 11.4. The zero-order valence-electron chi connectivity index (χ0n) is 16.8. The number of pyridine rings is 2. The predicted octanol–water partition coefficient (Wildman–Crippen LogP) is 4.84. The van der Waals surface area contributed by atoms with Crippen molar-refractivity contribution in [2.45, 2.75) is 11.8 Å². The zero-order chi connectivity index (χ0) is 22.9. The molecule has 2 aromatic carbocycles. The molecule has 0 unspecified atom stereocenters. The van der Waals surface area contributed by atoms with E-state index in [1.54, 1.807) is 30.6 Å². The molecule has 2 aromatic heterocycles. The summed E-state index contributed by atoms with van der Waals surface area (Å²) in [7, 11) is -4.43. The van der Waals surface area contributed by atoms with Gasteiger partial charge in [0.2, 0.25) is 10.0 Å². The highest BCUT2D eigenvalue weighted by molar-refractivity contribution is 7.89. The smallest absolute Gasteiger partial charge is 0.241 e. The van der Waals surface area contributed by atoms with Crippen LogP contribution >= 0.6 is 0 Å². The molecule has 0 spiro atoms. The van der Waals surface area contributed by atoms with Gasteiger partial charge < -0.3 is 4.74 Å². The molecule has 2 heterocycles. The fraction of sp³-hybridized carbons (Fsp3) is 0.0435. The van der Waals surface area contributed by atoms with Gasteiger partial charge in [0.1, 0.15) is 10.7 Å². The van der Waals surface area contributed by atoms with Crippen LogP contribution in [0.1, 0.15) is 5.56 Å². The fourth-order valence-electron chi connectivity index (χ4n) is 3.16. The minimum Gasteiger partial charge on any atom is -0.452 e. The van der Waals surface area contributed by atoms with Crippen molar-refractivity contribution >= 4 is 10.0 Å². The van der Waals surface area contributed by atoms with Crippen molar-refractivity contribution in [3.63, 3.8) is 0 Å². The molecule has 162 valence electrons. The number of hydrogen-bond acceptors (Lipinski definition) is 5. The van der Waals surface area contributed by atoms with Crippen LogP contribution in [0.4, 0.5) is 8.78 Å². The van der Waals surface area contributed by atoms with Gasteiger partial charge in [0.15, 0.2) is 17.3 Å². The Hall–Kier alpha value is -3.69. The monoisotopic (exact) mass is 453 g/mol. The fourth-order valence-corrected chi connectivity index (χ4v) is 3.76. The lowest BCUT2D eigenvalue weighted by Crippen LogP contribution is -2.14. The first-order valence-electron chi connectivity index (χ1n) is 9.39. The Morgan fingerprint density at radius 1 is 0.906 bits per heavy atom. The van der Waals surface area contributed by atoms with Crippen molar-refractivity contribution < 1.29 is 21.9 Å². The summed E-state index contributed by atoms with van der Waals surface area (Å²) < 4.78 is 57.2. The highest BCUT2D eigenvalue weighted by atomic mass is 32.2. The first-order chi connectivity index (χ1) is 15.2. The number of benzene rings is 2. The van der Waals surface area contributed by atoms with Gasteiger partial charge in [-0.3, -0.25) is 9.97 Å². The summed E-state index contributed by atoms with van der Waals surface area (Å²) in [6, 6.07) is 14.1. The molecular weight excluding hydrogens is 436 g/mol. The molecule has 6 nitrogen and oxygen atoms in total. The number of nitrogens with zero attached hydrogens (tertiary/aromatic N) is 2. The molecule has 32 heavy (non-hydrogen) atoms. The molecule has 2 N–H and O–H groups in total. The van der Waals surface area contributed by atoms with Crippen LogP contribution in [0, 0.1) is 18.6 Å². The van der Waals surface area contributed by atoms with E-state index in [1.807, 2.05) is 31.2 Å². The minimum atomic E-state index is -4.43. The molecule has 0 atom stereocenters. The molecule has 4 aromatic rings. The minimum absolute atomic E-state index is 0.135. The third-order valence-corrected chi connectivity index (χ3v) is 5.59. The lowest BCUT2D eigenvalue weighted by atomic mass is 10.0. The Bertz CT molecular complexity index is 1410. The Balaban J connectivity index is 1.82. The molecular formula is C23H17F2N3O3S. The average Bonchev–Trinajstić information content (AvgIpc) is 2.76. The second-order valence-corrected chi connectivity index (χ2v) is 8.57. The Kier molecular flexibility index (Phi) is 5.68. The van der Waals surface area contributed by atoms with Crippen molar-refractivity contribution in [3.8, 4) is 33.9 Å². The van der Waals surface area contributed by atoms with Crippen LogP contribution in [0.5, 0.6) is 11.5 Å². The average molecular weight is 453 g/mol. The molecule has 0 fully saturated rings. The molecule has 0 saturated carbocycles. The summed E-state index contributed by atoms with van der Waals surface area (Å²) >= 11 is 0. The number of aryl methyl sites for hydroxylation is 1. The lowest BCUT2D eigenvalue weighted by molar-refractivity contribution is 0.432. The third-order valence-electron chi connectivity index (χ3n) is 4.67. The van der Waals surface area contributed by atoms with Gasteiger partial charge in [0.25, 0.3) is 0 Å². The maximum Gasteiger partial charge on any atom is 0.241 e. The highest BCUT2D eigenvalue weighted by Gasteiger charge is 2.21. The van der Waals surface area contributed by atoms with Gasteiger partial charge in [-0.15, -0.1) is 0 Å². The van der Waals surface area contributed by atoms with Crippen LogP contribution in [-0.2, 0) is 10.0 Å². The number of aromatic nitrogens is 2. The molecule has 0 aliphatic heterocycles. The highest BCUT2D eigenvalue weighted by Crippen LogP contribution is 2.37. The summed E-state index contributed by atoms with van der Waals surface area (Å²) in [6.07, 6.45) is 4.60. The molecule has 0 aliphatic carbocycles. The summed E-state index contributed by atoms with van der Waals surface area (Å²) in [5.41, 5.74) is 3.79. The number of ether oxygens (including phenoxy) is 1. The van der Waals surface area contributed by atoms with Crippen LogP contribution < -0.4 is 9.88 Å². The molecule has 0 saturated heterocycles. The van der Waals surface area contributed by atoms with E-state index in [9.17, 15) is 17.2 Å². The van der Waals surface area contributed by atoms with E-state index in [1.165, 1.54) is 6.20 Å². The zero-order valence-corrected chi connectivity index (χ0v) is 17.6. The van der Waals surface area contributed by atoms with E-state index in [2.05, 4.69) is 9.97 Å². The predicted molar refractivity (Wildman–Crippen MR) is 115 cm³/mol. The summed E-state index contributed by atoms with van der Waals surface area (Å²) in [4.78, 5) is 7.55. The molecule has 0 radical (unpaired) electrons. The van der Waals surface area contributed by atoms with Gasteiger partial charge >= 0.3 is 0 Å². The Labute approximate surface area is 183 Å². The number of hydrogen-bond donors (Lipinski definition) is 1. The standard InChI is InChI=1S/C23H17F2N3O3S/c1-14-4-2-5-15(8-14)20-9-17(16-6-3-7-27-12-16)22(13-28-20)31-21-10-19(25)23(11-18(21)24)32(26,29)30/h2-13H,1H3,(H2,26,29,30). The molecule has 4 rings (SSSR count). The van der Waals surface area contributed by atoms with E-state index in [4.69, 9.17) is 9.88 Å². The Morgan fingerprint density at radius 2 is 1.69 bits per heavy atom. The van der Waals surface area contributed by atoms with Gasteiger partial charge in [-0.25, -0.2) is 22.3 Å². The van der Waals surface area contributed by atoms with Crippen LogP contribution in [0.2, 0.25) is 0 Å². The van der Waals surface area contributed by atoms with Crippen LogP contribution in [0.25, 0.3) is 22.4 Å². The second-order valence-electron chi connectivity index (χ2n) is 7.04. The first kappa shape index (κ1) is 21.5. The van der Waals surface area contributed by atoms with Crippen molar-refractivity contribution in [1.29, 1.82) is 0 Å². The molecule has 9 heteroatoms. The summed E-state index contributed by atoms with van der Waals surface area (Å²) in [5, 5.41) is 4.92. The van der Waals surface area contributed by atoms with Crippen molar-refractivity contribution in [3.05, 3.63) is 90.4 Å². The first-order valence-corrected chi connectivity index (χ1v) is 10.9. The topological polar surface area (TPSA) is 95.2 Å². The van der Waals surface area contributed by atoms with Gasteiger partial charge in [0, 0.05) is 41.2 Å². The third kappa shape index (κ3) is 4.48. The van der Waals surface area contributed by atoms with E-state index in [0.717, 1.165) is 11.1 Å². The molecule has 0 bridgehead atoms. The molecule has 0 amide bonds. The van der Waals surface area contributed by atoms with E-state index >= 15 is 0 Å². The number of primary sulfonamides is 1. The quantitative estimate of drug-likeness (QED) is 0.467. The van der Waals surface area contributed by atoms with Crippen LogP contribution in [0.15, 0.2) is 78.1 Å². The molecule has 0 aliphatic rings. The number of rotatable bonds is 5. The van der Waals surface area contributed by atoms with Crippen molar-refractivity contribution in [2.24, 2.45) is 5.14 Å². The SMILES string of the molecule is Cc1cccc(-c2cc(-c3cccnc3)c(Oc3cc(F)c(S(N)(=O)=O)cc3F)cn2)c1. The Morgan fingerprint density at radius 3 is 2.38 bits per heavy atom. The lowest BCUT2D eigenvalue weighted by Gasteiger charge is -2.14. The summed E-state index contributed by atoms with van der Waals surface area (Å²) in [5.74, 6) is -2.69. The van der Waals surface area contributed by atoms with E-state index in [0.29, 0.717) is 29.0 Å². The van der Waals surface area contributed by atoms with Gasteiger partial charge in [-0.05, 0) is 25.1 Å². The van der Waals surface area contributed by atoms with Crippen LogP contribution in [-0.4, -0.2) is 18.4 Å². The van der Waals surface area contributed by atoms with Crippen LogP contribution in [0.3, 0.4) is 0 Å². The van der Waals surface area contributed by atoms with Gasteiger partial charge in [-0.2, -0.15) is 0 Å². The number of sulfonamides is 1. The number of halogens is 2. The maximum atomic E-state index is 14.5. The van der Waals surface area contributed by atoms with Gasteiger partial charge in [-0.1, -0.05) is 29.8 Å². The van der Waals surface area contributed by atoms with E-state index < -0.39 is 32.3 Å². The van der Waals surface area contributed by atoms with E-state index in [-0.39, 0.29) is 5.75 Å². The van der Waals surface area contributed by atoms with Crippen molar-refractivity contribution in [2.75, 3.05) is 0 Å². The number of nitrogens with two attached hydrogens (primary N) is 1. The van der Waals surface area contributed by atoms with Crippen molar-refractivity contribution in [1.82, 2.24) is 9.97 Å². The second kappa shape index (κ2) is 8.45. The maximum absolute atomic E-state index is 14.5.